The van der Waals surface area contributed by atoms with Crippen molar-refractivity contribution in [2.75, 3.05) is 18.0 Å². The summed E-state index contributed by atoms with van der Waals surface area (Å²) in [6, 6.07) is 3.00. The van der Waals surface area contributed by atoms with E-state index in [0.29, 0.717) is 24.7 Å². The van der Waals surface area contributed by atoms with Crippen molar-refractivity contribution in [3.63, 3.8) is 0 Å². The van der Waals surface area contributed by atoms with Crippen molar-refractivity contribution in [2.24, 2.45) is 11.7 Å². The molecule has 1 aromatic rings. The largest absolute Gasteiger partial charge is 0.449 e. The van der Waals surface area contributed by atoms with E-state index in [9.17, 15) is 24.5 Å². The minimum atomic E-state index is -1.29. The molecule has 2 atom stereocenters. The summed E-state index contributed by atoms with van der Waals surface area (Å²) in [5.74, 6) is -1.37. The second-order valence-corrected chi connectivity index (χ2v) is 6.56. The van der Waals surface area contributed by atoms with E-state index in [4.69, 9.17) is 10.5 Å². The number of hydrogen-bond acceptors (Lipinski definition) is 7. The Morgan fingerprint density at radius 2 is 2.11 bits per heavy atom. The van der Waals surface area contributed by atoms with Gasteiger partial charge in [-0.3, -0.25) is 20.2 Å². The third-order valence-corrected chi connectivity index (χ3v) is 4.30. The fraction of sp³-hybridized carbons (Fsp3) is 0.471. The number of rotatable bonds is 5. The molecule has 0 bridgehead atoms. The number of primary amides is 1. The predicted octanol–water partition coefficient (Wildman–Crippen LogP) is 1.57. The molecule has 10 nitrogen and oxygen atoms in total. The molecule has 1 aromatic carbocycles. The van der Waals surface area contributed by atoms with E-state index in [1.165, 1.54) is 19.1 Å². The van der Waals surface area contributed by atoms with Gasteiger partial charge in [-0.2, -0.15) is 0 Å². The van der Waals surface area contributed by atoms with Gasteiger partial charge in [-0.25, -0.2) is 9.59 Å². The van der Waals surface area contributed by atoms with Crippen molar-refractivity contribution in [3.8, 4) is 0 Å². The topological polar surface area (TPSA) is 145 Å². The standard InChI is InChI=1S/C17H22N4O6/c1-10-4-3-7-20(9-10)13-6-5-12(8-14(13)21(25)26)16(23)27-11(2)15(22)19-17(18)24/h5-6,8,10-11H,3-4,7,9H2,1-2H3,(H3,18,19,22,24)/t10-,11-/m0/s1. The number of nitro groups is 1. The van der Waals surface area contributed by atoms with Crippen LogP contribution in [0, 0.1) is 16.0 Å². The number of esters is 1. The Morgan fingerprint density at radius 1 is 1.41 bits per heavy atom. The highest BCUT2D eigenvalue weighted by atomic mass is 16.6. The molecule has 1 aliphatic heterocycles. The lowest BCUT2D eigenvalue weighted by Gasteiger charge is -2.32. The zero-order chi connectivity index (χ0) is 20.1. The van der Waals surface area contributed by atoms with Gasteiger partial charge in [0.15, 0.2) is 6.10 Å². The second kappa shape index (κ2) is 8.47. The summed E-state index contributed by atoms with van der Waals surface area (Å²) in [6.07, 6.45) is 0.723. The van der Waals surface area contributed by atoms with Gasteiger partial charge >= 0.3 is 12.0 Å². The quantitative estimate of drug-likeness (QED) is 0.449. The molecule has 3 amide bonds. The molecule has 0 spiro atoms. The number of anilines is 1. The normalized spacial score (nSPS) is 17.7. The van der Waals surface area contributed by atoms with Gasteiger partial charge in [-0.1, -0.05) is 6.92 Å². The first-order valence-electron chi connectivity index (χ1n) is 8.53. The van der Waals surface area contributed by atoms with Gasteiger partial charge in [-0.15, -0.1) is 0 Å². The maximum Gasteiger partial charge on any atom is 0.339 e. The first-order valence-corrected chi connectivity index (χ1v) is 8.53. The molecule has 0 saturated carbocycles. The van der Waals surface area contributed by atoms with Crippen molar-refractivity contribution < 1.29 is 24.0 Å². The van der Waals surface area contributed by atoms with Gasteiger partial charge in [0, 0.05) is 19.2 Å². The number of benzene rings is 1. The van der Waals surface area contributed by atoms with Crippen molar-refractivity contribution in [3.05, 3.63) is 33.9 Å². The number of hydrogen-bond donors (Lipinski definition) is 2. The monoisotopic (exact) mass is 378 g/mol. The summed E-state index contributed by atoms with van der Waals surface area (Å²) in [6.45, 7) is 4.75. The maximum atomic E-state index is 12.2. The number of nitro benzene ring substituents is 1. The van der Waals surface area contributed by atoms with Crippen molar-refractivity contribution >= 4 is 29.3 Å². The molecule has 3 N–H and O–H groups in total. The minimum Gasteiger partial charge on any atom is -0.449 e. The van der Waals surface area contributed by atoms with Crippen LogP contribution in [-0.4, -0.2) is 42.0 Å². The zero-order valence-corrected chi connectivity index (χ0v) is 15.1. The molecule has 1 heterocycles. The lowest BCUT2D eigenvalue weighted by atomic mass is 9.99. The van der Waals surface area contributed by atoms with E-state index in [-0.39, 0.29) is 11.3 Å². The van der Waals surface area contributed by atoms with Crippen molar-refractivity contribution in [1.29, 1.82) is 0 Å². The summed E-state index contributed by atoms with van der Waals surface area (Å²) in [5.41, 5.74) is 5.02. The summed E-state index contributed by atoms with van der Waals surface area (Å²) >= 11 is 0. The van der Waals surface area contributed by atoms with Gasteiger partial charge in [0.2, 0.25) is 0 Å². The molecule has 146 valence electrons. The van der Waals surface area contributed by atoms with Crippen LogP contribution in [0.25, 0.3) is 0 Å². The Bertz CT molecular complexity index is 766. The van der Waals surface area contributed by atoms with Crippen LogP contribution in [-0.2, 0) is 9.53 Å². The third-order valence-electron chi connectivity index (χ3n) is 4.30. The average Bonchev–Trinajstić information content (AvgIpc) is 2.60. The van der Waals surface area contributed by atoms with Crippen LogP contribution in [0.2, 0.25) is 0 Å². The first kappa shape index (κ1) is 20.1. The Hall–Kier alpha value is -3.17. The van der Waals surface area contributed by atoms with Crippen LogP contribution < -0.4 is 16.0 Å². The van der Waals surface area contributed by atoms with Gasteiger partial charge in [0.25, 0.3) is 11.6 Å². The van der Waals surface area contributed by atoms with E-state index in [0.717, 1.165) is 18.9 Å². The molecule has 0 aromatic heterocycles. The molecule has 1 fully saturated rings. The van der Waals surface area contributed by atoms with E-state index in [1.807, 2.05) is 4.90 Å². The number of ether oxygens (including phenoxy) is 1. The number of urea groups is 1. The van der Waals surface area contributed by atoms with Gasteiger partial charge < -0.3 is 15.4 Å². The molecule has 1 saturated heterocycles. The number of amides is 3. The van der Waals surface area contributed by atoms with Crippen molar-refractivity contribution in [2.45, 2.75) is 32.8 Å². The SMILES string of the molecule is C[C@H]1CCCN(c2ccc(C(=O)O[C@@H](C)C(=O)NC(N)=O)cc2[N+](=O)[O-])C1. The highest BCUT2D eigenvalue weighted by Crippen LogP contribution is 2.32. The van der Waals surface area contributed by atoms with E-state index >= 15 is 0 Å². The molecule has 0 aliphatic carbocycles. The smallest absolute Gasteiger partial charge is 0.339 e. The first-order chi connectivity index (χ1) is 12.7. The number of nitrogens with one attached hydrogen (secondary N) is 1. The van der Waals surface area contributed by atoms with Crippen LogP contribution in [0.15, 0.2) is 18.2 Å². The van der Waals surface area contributed by atoms with Gasteiger partial charge in [-0.05, 0) is 37.8 Å². The van der Waals surface area contributed by atoms with Crippen LogP contribution in [0.5, 0.6) is 0 Å². The van der Waals surface area contributed by atoms with E-state index in [2.05, 4.69) is 6.92 Å². The van der Waals surface area contributed by atoms with E-state index in [1.54, 1.807) is 5.32 Å². The molecule has 2 rings (SSSR count). The second-order valence-electron chi connectivity index (χ2n) is 6.56. The van der Waals surface area contributed by atoms with Gasteiger partial charge in [0.1, 0.15) is 5.69 Å². The number of nitrogens with zero attached hydrogens (tertiary/aromatic N) is 2. The number of carbonyl (C=O) groups is 3. The number of piperidine rings is 1. The van der Waals surface area contributed by atoms with Crippen LogP contribution in [0.4, 0.5) is 16.2 Å². The van der Waals surface area contributed by atoms with Gasteiger partial charge in [0.05, 0.1) is 10.5 Å². The molecule has 27 heavy (non-hydrogen) atoms. The minimum absolute atomic E-state index is 0.0609. The molecular formula is C17H22N4O6. The Labute approximate surface area is 155 Å². The lowest BCUT2D eigenvalue weighted by molar-refractivity contribution is -0.384. The summed E-state index contributed by atoms with van der Waals surface area (Å²) in [4.78, 5) is 47.3. The third kappa shape index (κ3) is 5.16. The molecule has 0 unspecified atom stereocenters. The van der Waals surface area contributed by atoms with E-state index < -0.39 is 28.9 Å². The molecule has 1 aliphatic rings. The average molecular weight is 378 g/mol. The van der Waals surface area contributed by atoms with Crippen LogP contribution in [0.3, 0.4) is 0 Å². The number of nitrogens with two attached hydrogens (primary N) is 1. The predicted molar refractivity (Wildman–Crippen MR) is 96.3 cm³/mol. The Morgan fingerprint density at radius 3 is 2.70 bits per heavy atom. The van der Waals surface area contributed by atoms with Crippen molar-refractivity contribution in [1.82, 2.24) is 5.32 Å². The molecule has 0 radical (unpaired) electrons. The molecule has 10 heteroatoms. The maximum absolute atomic E-state index is 12.2. The lowest BCUT2D eigenvalue weighted by Crippen LogP contribution is -2.42. The summed E-state index contributed by atoms with van der Waals surface area (Å²) in [5, 5.41) is 13.3. The Kier molecular flexibility index (Phi) is 6.32. The molecular weight excluding hydrogens is 356 g/mol. The number of imide groups is 1. The summed E-state index contributed by atoms with van der Waals surface area (Å²) < 4.78 is 4.94. The highest BCUT2D eigenvalue weighted by molar-refractivity contribution is 5.98. The zero-order valence-electron chi connectivity index (χ0n) is 15.1. The fourth-order valence-electron chi connectivity index (χ4n) is 2.98. The highest BCUT2D eigenvalue weighted by Gasteiger charge is 2.26. The van der Waals surface area contributed by atoms with Crippen LogP contribution in [0.1, 0.15) is 37.0 Å². The Balaban J connectivity index is 2.19. The fourth-order valence-corrected chi connectivity index (χ4v) is 2.98. The van der Waals surface area contributed by atoms with Crippen LogP contribution >= 0.6 is 0 Å². The number of carbonyl (C=O) groups excluding carboxylic acids is 3. The summed E-state index contributed by atoms with van der Waals surface area (Å²) in [7, 11) is 0.